The molecule has 29 heteroatoms. The highest BCUT2D eigenvalue weighted by molar-refractivity contribution is 14.1. The molecular formula is C70H72IN11O17. The quantitative estimate of drug-likeness (QED) is 0.0134. The lowest BCUT2D eigenvalue weighted by atomic mass is 10.0. The van der Waals surface area contributed by atoms with Gasteiger partial charge in [0.05, 0.1) is 79.6 Å². The predicted octanol–water partition coefficient (Wildman–Crippen LogP) is 7.10. The molecule has 0 aliphatic rings. The number of benzene rings is 6. The van der Waals surface area contributed by atoms with E-state index in [0.717, 1.165) is 16.9 Å². The fraction of sp³-hybridized carbons (Fsp3) is 0.171. The number of Topliss-reactive ketones (excluding diaryl/α,β-unsaturated/α-hetero) is 1. The van der Waals surface area contributed by atoms with Crippen molar-refractivity contribution in [2.45, 2.75) is 19.0 Å². The van der Waals surface area contributed by atoms with E-state index < -0.39 is 53.5 Å². The Morgan fingerprint density at radius 2 is 0.778 bits per heavy atom. The van der Waals surface area contributed by atoms with Crippen molar-refractivity contribution < 1.29 is 76.3 Å². The number of H-pyrrole nitrogens is 1. The maximum atomic E-state index is 13.0. The van der Waals surface area contributed by atoms with Gasteiger partial charge in [0, 0.05) is 49.1 Å². The van der Waals surface area contributed by atoms with Crippen molar-refractivity contribution in [2.24, 2.45) is 11.5 Å². The van der Waals surface area contributed by atoms with Gasteiger partial charge in [-0.15, -0.1) is 15.3 Å². The summed E-state index contributed by atoms with van der Waals surface area (Å²) in [6.07, 6.45) is 0.130. The summed E-state index contributed by atoms with van der Waals surface area (Å²) in [4.78, 5) is 105. The Morgan fingerprint density at radius 3 is 1.10 bits per heavy atom. The van der Waals surface area contributed by atoms with Gasteiger partial charge in [0.15, 0.2) is 17.1 Å². The predicted molar refractivity (Wildman–Crippen MR) is 372 cm³/mol. The zero-order chi connectivity index (χ0) is 72.7. The fourth-order valence-corrected chi connectivity index (χ4v) is 8.05. The topological polar surface area (TPSA) is 366 Å². The van der Waals surface area contributed by atoms with Crippen LogP contribution < -0.4 is 36.6 Å². The lowest BCUT2D eigenvalue weighted by molar-refractivity contribution is -0.137. The Morgan fingerprint density at radius 1 is 0.455 bits per heavy atom. The molecule has 10 rings (SSSR count). The van der Waals surface area contributed by atoms with Crippen molar-refractivity contribution in [1.82, 2.24) is 44.4 Å². The SMILES string of the molecule is CI.COC(=O)C#CC(=O)OC.COC(=O)c1cc(=O)[nH]n1-c1ccccc1.COC(=O)c1cc(OC)nn1-c1ccccc1.COC(=O)c1cc(OC)nn1-c1ccccc1.COc1cc(C(=O)NC(Cc2ccccc2)C(=O)C(N)=O)n(-c2ccccc2)n1.NCc1ccccc1. The van der Waals surface area contributed by atoms with Gasteiger partial charge in [-0.2, -0.15) is 0 Å². The molecule has 4 heterocycles. The van der Waals surface area contributed by atoms with E-state index in [1.807, 2.05) is 138 Å². The second kappa shape index (κ2) is 42.8. The number of aromatic amines is 1. The number of halogens is 1. The summed E-state index contributed by atoms with van der Waals surface area (Å²) in [5, 5.41) is 17.7. The fourth-order valence-electron chi connectivity index (χ4n) is 8.05. The van der Waals surface area contributed by atoms with Crippen molar-refractivity contribution in [3.05, 3.63) is 251 Å². The Kier molecular flexibility index (Phi) is 34.2. The van der Waals surface area contributed by atoms with E-state index in [4.69, 9.17) is 35.2 Å². The van der Waals surface area contributed by atoms with Crippen LogP contribution in [0.4, 0.5) is 0 Å². The number of rotatable bonds is 17. The number of amides is 2. The standard InChI is InChI=1S/C21H20N4O4.2C12H12N2O3.C11H10N2O3.C7H9N.C6H6O4.CH3I/c1-29-18-13-17(25(24-18)15-10-6-3-7-11-15)21(28)23-16(19(26)20(22)27)12-14-8-4-2-5-9-14;2*1-16-11-8-10(12(15)17-2)14(13-11)9-6-4-3-5-7-9;1-16-11(15)9-7-10(14)12-13(9)8-5-3-2-4-6-8;8-6-7-4-2-1-3-5-7;1-9-5(7)3-4-6(8)10-2;1-2/h2-11,13,16H,12H2,1H3,(H2,22,27)(H,23,28);2*3-8H,1-2H3;2-7H,1H3,(H,12,14);1-5H,6,8H2;1-2H3;1H3. The molecule has 0 aliphatic carbocycles. The maximum Gasteiger partial charge on any atom is 0.384 e. The molecule has 1 atom stereocenters. The number of nitrogens with one attached hydrogen (secondary N) is 2. The summed E-state index contributed by atoms with van der Waals surface area (Å²) >= 11 is 2.15. The van der Waals surface area contributed by atoms with Crippen molar-refractivity contribution in [3.63, 3.8) is 0 Å². The van der Waals surface area contributed by atoms with Crippen LogP contribution in [0.25, 0.3) is 22.7 Å². The van der Waals surface area contributed by atoms with Gasteiger partial charge in [0.25, 0.3) is 17.4 Å². The second-order valence-electron chi connectivity index (χ2n) is 19.0. The van der Waals surface area contributed by atoms with E-state index in [0.29, 0.717) is 41.1 Å². The molecule has 6 aromatic carbocycles. The van der Waals surface area contributed by atoms with E-state index in [1.54, 1.807) is 72.8 Å². The largest absolute Gasteiger partial charge is 0.480 e. The highest BCUT2D eigenvalue weighted by Crippen LogP contribution is 2.21. The van der Waals surface area contributed by atoms with E-state index in [2.05, 4.69) is 62.5 Å². The van der Waals surface area contributed by atoms with Crippen molar-refractivity contribution in [2.75, 3.05) is 61.8 Å². The number of primary amides is 1. The number of ether oxygens (including phenoxy) is 8. The number of aromatic nitrogens is 8. The van der Waals surface area contributed by atoms with Crippen LogP contribution in [-0.4, -0.2) is 154 Å². The molecule has 28 nitrogen and oxygen atoms in total. The molecule has 0 fully saturated rings. The maximum absolute atomic E-state index is 13.0. The lowest BCUT2D eigenvalue weighted by Crippen LogP contribution is -2.47. The third-order valence-corrected chi connectivity index (χ3v) is 12.7. The van der Waals surface area contributed by atoms with Crippen LogP contribution >= 0.6 is 22.6 Å². The third-order valence-electron chi connectivity index (χ3n) is 12.7. The third kappa shape index (κ3) is 25.0. The Balaban J connectivity index is 0.000000262. The minimum absolute atomic E-state index is 0.130. The number of hydrogen-bond acceptors (Lipinski definition) is 21. The molecule has 4 aromatic heterocycles. The molecule has 6 N–H and O–H groups in total. The number of methoxy groups -OCH3 is 8. The second-order valence-corrected chi connectivity index (χ2v) is 19.0. The van der Waals surface area contributed by atoms with Gasteiger partial charge >= 0.3 is 29.8 Å². The molecule has 99 heavy (non-hydrogen) atoms. The zero-order valence-electron chi connectivity index (χ0n) is 55.2. The van der Waals surface area contributed by atoms with Crippen LogP contribution in [0.15, 0.2) is 211 Å². The molecule has 0 saturated carbocycles. The number of carbonyl (C=O) groups excluding carboxylic acids is 8. The molecule has 0 spiro atoms. The molecule has 10 aromatic rings. The molecule has 0 saturated heterocycles. The summed E-state index contributed by atoms with van der Waals surface area (Å²) in [5.41, 5.74) is 16.0. The van der Waals surface area contributed by atoms with Gasteiger partial charge in [0.2, 0.25) is 23.4 Å². The monoisotopic (exact) mass is 1470 g/mol. The molecule has 2 amide bonds. The van der Waals surface area contributed by atoms with Crippen LogP contribution in [0, 0.1) is 11.8 Å². The number of para-hydroxylation sites is 4. The first-order valence-electron chi connectivity index (χ1n) is 29.1. The van der Waals surface area contributed by atoms with Crippen LogP contribution in [0.1, 0.15) is 53.1 Å². The summed E-state index contributed by atoms with van der Waals surface area (Å²) in [6, 6.07) is 60.3. The van der Waals surface area contributed by atoms with E-state index in [9.17, 15) is 43.2 Å². The zero-order valence-corrected chi connectivity index (χ0v) is 57.4. The minimum atomic E-state index is -1.11. The van der Waals surface area contributed by atoms with E-state index in [1.165, 1.54) is 93.3 Å². The average molecular weight is 1470 g/mol. The number of esters is 5. The van der Waals surface area contributed by atoms with Crippen LogP contribution in [0.3, 0.4) is 0 Å². The number of nitrogens with zero attached hydrogens (tertiary/aromatic N) is 7. The smallest absolute Gasteiger partial charge is 0.384 e. The van der Waals surface area contributed by atoms with Gasteiger partial charge < -0.3 is 54.7 Å². The Labute approximate surface area is 582 Å². The number of alkyl halides is 1. The molecule has 0 radical (unpaired) electrons. The summed E-state index contributed by atoms with van der Waals surface area (Å²) in [5.74, 6) is -0.778. The van der Waals surface area contributed by atoms with Gasteiger partial charge in [-0.25, -0.2) is 42.7 Å². The molecule has 0 aliphatic heterocycles. The van der Waals surface area contributed by atoms with Crippen LogP contribution in [0.2, 0.25) is 0 Å². The lowest BCUT2D eigenvalue weighted by Gasteiger charge is -2.17. The van der Waals surface area contributed by atoms with Crippen molar-refractivity contribution in [3.8, 4) is 52.2 Å². The highest BCUT2D eigenvalue weighted by atomic mass is 127. The van der Waals surface area contributed by atoms with Gasteiger partial charge in [-0.05, 0) is 64.6 Å². The normalized spacial score (nSPS) is 9.93. The molecular weight excluding hydrogens is 1390 g/mol. The first-order chi connectivity index (χ1) is 47.9. The summed E-state index contributed by atoms with van der Waals surface area (Å²) in [6.45, 7) is 0.640. The van der Waals surface area contributed by atoms with Gasteiger partial charge in [-0.3, -0.25) is 24.3 Å². The Bertz CT molecular complexity index is 4190. The van der Waals surface area contributed by atoms with E-state index in [-0.39, 0.29) is 29.2 Å². The molecule has 516 valence electrons. The first-order valence-corrected chi connectivity index (χ1v) is 31.2. The van der Waals surface area contributed by atoms with Crippen LogP contribution in [-0.2, 0) is 55.8 Å². The van der Waals surface area contributed by atoms with Crippen molar-refractivity contribution in [1.29, 1.82) is 0 Å². The first kappa shape index (κ1) is 79.0. The molecule has 0 bridgehead atoms. The van der Waals surface area contributed by atoms with Gasteiger partial charge in [0.1, 0.15) is 11.7 Å². The number of hydrogen-bond donors (Lipinski definition) is 4. The van der Waals surface area contributed by atoms with Crippen LogP contribution in [0.5, 0.6) is 17.6 Å². The van der Waals surface area contributed by atoms with E-state index >= 15 is 0 Å². The van der Waals surface area contributed by atoms with Crippen molar-refractivity contribution >= 4 is 70.0 Å². The summed E-state index contributed by atoms with van der Waals surface area (Å²) in [7, 11) is 10.7. The average Bonchev–Trinajstić information content (AvgIpc) is 1.72. The number of ketones is 1. The molecule has 1 unspecified atom stereocenters. The Hall–Kier alpha value is -12.4. The minimum Gasteiger partial charge on any atom is -0.480 e. The number of carbonyl (C=O) groups is 8. The van der Waals surface area contributed by atoms with Gasteiger partial charge in [-0.1, -0.05) is 156 Å². The summed E-state index contributed by atoms with van der Waals surface area (Å²) < 4.78 is 43.2. The number of nitrogens with two attached hydrogens (primary N) is 2. The highest BCUT2D eigenvalue weighted by Gasteiger charge is 2.28.